The number of fused-ring (bicyclic) bond motifs is 1. The van der Waals surface area contributed by atoms with Gasteiger partial charge in [-0.05, 0) is 42.3 Å². The van der Waals surface area contributed by atoms with Gasteiger partial charge in [0, 0.05) is 24.4 Å². The third-order valence-corrected chi connectivity index (χ3v) is 5.42. The predicted molar refractivity (Wildman–Crippen MR) is 121 cm³/mol. The molecule has 4 rings (SSSR count). The lowest BCUT2D eigenvalue weighted by atomic mass is 10.0. The Morgan fingerprint density at radius 2 is 1.59 bits per heavy atom. The minimum absolute atomic E-state index is 0.0180. The first-order valence-corrected chi connectivity index (χ1v) is 10.1. The van der Waals surface area contributed by atoms with E-state index in [4.69, 9.17) is 9.47 Å². The molecule has 0 N–H and O–H groups in total. The second-order valence-electron chi connectivity index (χ2n) is 7.36. The molecule has 4 aromatic rings. The molecule has 162 valence electrons. The van der Waals surface area contributed by atoms with Crippen LogP contribution in [0.1, 0.15) is 21.5 Å². The average molecular weight is 431 g/mol. The summed E-state index contributed by atoms with van der Waals surface area (Å²) in [6, 6.07) is 18.4. The Hall–Kier alpha value is -3.93. The van der Waals surface area contributed by atoms with Crippen molar-refractivity contribution in [3.63, 3.8) is 0 Å². The van der Waals surface area contributed by atoms with E-state index in [2.05, 4.69) is 0 Å². The molecule has 0 aliphatic rings. The highest BCUT2D eigenvalue weighted by atomic mass is 19.1. The molecule has 0 amide bonds. The quantitative estimate of drug-likeness (QED) is 0.400. The third kappa shape index (κ3) is 4.12. The van der Waals surface area contributed by atoms with Crippen LogP contribution in [-0.2, 0) is 13.0 Å². The normalized spacial score (nSPS) is 10.8. The van der Waals surface area contributed by atoms with Crippen molar-refractivity contribution in [1.29, 1.82) is 0 Å². The van der Waals surface area contributed by atoms with E-state index in [-0.39, 0.29) is 11.1 Å². The second kappa shape index (κ2) is 9.06. The zero-order chi connectivity index (χ0) is 22.7. The molecule has 0 atom stereocenters. The van der Waals surface area contributed by atoms with E-state index < -0.39 is 17.0 Å². The Kier molecular flexibility index (Phi) is 6.03. The first kappa shape index (κ1) is 21.3. The Bertz CT molecular complexity index is 1330. The van der Waals surface area contributed by atoms with Crippen molar-refractivity contribution in [3.8, 4) is 11.5 Å². The van der Waals surface area contributed by atoms with Crippen LogP contribution in [0.2, 0.25) is 0 Å². The number of pyridine rings is 1. The number of carbonyl (C=O) groups excluding carboxylic acids is 1. The summed E-state index contributed by atoms with van der Waals surface area (Å²) in [5.74, 6) is -0.0131. The van der Waals surface area contributed by atoms with Crippen LogP contribution in [0, 0.1) is 5.82 Å². The molecule has 0 saturated carbocycles. The van der Waals surface area contributed by atoms with Crippen molar-refractivity contribution in [2.24, 2.45) is 0 Å². The van der Waals surface area contributed by atoms with Gasteiger partial charge in [0.2, 0.25) is 5.43 Å². The van der Waals surface area contributed by atoms with Crippen molar-refractivity contribution >= 4 is 16.7 Å². The SMILES string of the molecule is COc1cc2c(=O)c(C(=O)c3ccc(F)cc3)cn(CCc3ccccc3)c2cc1OC. The van der Waals surface area contributed by atoms with Crippen LogP contribution >= 0.6 is 0 Å². The molecule has 0 bridgehead atoms. The predicted octanol–water partition coefficient (Wildman–Crippen LogP) is 4.63. The fraction of sp³-hybridized carbons (Fsp3) is 0.154. The van der Waals surface area contributed by atoms with Crippen LogP contribution < -0.4 is 14.9 Å². The smallest absolute Gasteiger partial charge is 0.200 e. The number of hydrogen-bond acceptors (Lipinski definition) is 4. The van der Waals surface area contributed by atoms with E-state index in [1.165, 1.54) is 38.5 Å². The number of hydrogen-bond donors (Lipinski definition) is 0. The molecule has 0 unspecified atom stereocenters. The van der Waals surface area contributed by atoms with Gasteiger partial charge in [-0.25, -0.2) is 4.39 Å². The van der Waals surface area contributed by atoms with Crippen LogP contribution in [0.25, 0.3) is 10.9 Å². The van der Waals surface area contributed by atoms with Crippen molar-refractivity contribution in [2.45, 2.75) is 13.0 Å². The molecule has 1 aromatic heterocycles. The first-order valence-electron chi connectivity index (χ1n) is 10.1. The van der Waals surface area contributed by atoms with Crippen LogP contribution in [0.15, 0.2) is 77.7 Å². The summed E-state index contributed by atoms with van der Waals surface area (Å²) >= 11 is 0. The van der Waals surface area contributed by atoms with E-state index in [1.54, 1.807) is 18.3 Å². The van der Waals surface area contributed by atoms with Crippen molar-refractivity contribution in [2.75, 3.05) is 14.2 Å². The van der Waals surface area contributed by atoms with Crippen molar-refractivity contribution < 1.29 is 18.7 Å². The number of carbonyl (C=O) groups is 1. The van der Waals surface area contributed by atoms with Crippen LogP contribution in [0.5, 0.6) is 11.5 Å². The topological polar surface area (TPSA) is 57.5 Å². The van der Waals surface area contributed by atoms with Gasteiger partial charge in [-0.1, -0.05) is 30.3 Å². The van der Waals surface area contributed by atoms with Crippen LogP contribution in [0.3, 0.4) is 0 Å². The highest BCUT2D eigenvalue weighted by molar-refractivity contribution is 6.10. The van der Waals surface area contributed by atoms with Crippen LogP contribution in [0.4, 0.5) is 4.39 Å². The van der Waals surface area contributed by atoms with E-state index in [0.29, 0.717) is 35.4 Å². The van der Waals surface area contributed by atoms with Gasteiger partial charge in [-0.2, -0.15) is 0 Å². The highest BCUT2D eigenvalue weighted by Gasteiger charge is 2.19. The molecule has 5 nitrogen and oxygen atoms in total. The zero-order valence-electron chi connectivity index (χ0n) is 17.8. The Morgan fingerprint density at radius 1 is 0.938 bits per heavy atom. The van der Waals surface area contributed by atoms with Crippen molar-refractivity contribution in [1.82, 2.24) is 4.57 Å². The van der Waals surface area contributed by atoms with Gasteiger partial charge >= 0.3 is 0 Å². The van der Waals surface area contributed by atoms with Gasteiger partial charge in [0.15, 0.2) is 17.3 Å². The zero-order valence-corrected chi connectivity index (χ0v) is 17.8. The molecule has 0 radical (unpaired) electrons. The fourth-order valence-electron chi connectivity index (χ4n) is 3.71. The lowest BCUT2D eigenvalue weighted by Gasteiger charge is -2.16. The maximum absolute atomic E-state index is 13.3. The monoisotopic (exact) mass is 431 g/mol. The molecule has 0 aliphatic carbocycles. The number of methoxy groups -OCH3 is 2. The van der Waals surface area contributed by atoms with E-state index in [0.717, 1.165) is 5.56 Å². The van der Waals surface area contributed by atoms with Crippen LogP contribution in [-0.4, -0.2) is 24.6 Å². The largest absolute Gasteiger partial charge is 0.493 e. The molecule has 0 fully saturated rings. The fourth-order valence-corrected chi connectivity index (χ4v) is 3.71. The number of nitrogens with zero attached hydrogens (tertiary/aromatic N) is 1. The molecule has 1 heterocycles. The van der Waals surface area contributed by atoms with Gasteiger partial charge in [0.1, 0.15) is 5.82 Å². The number of rotatable bonds is 7. The van der Waals surface area contributed by atoms with Gasteiger partial charge in [-0.3, -0.25) is 9.59 Å². The summed E-state index contributed by atoms with van der Waals surface area (Å²) in [4.78, 5) is 26.4. The molecule has 0 aliphatic heterocycles. The molecular formula is C26H22FNO4. The summed E-state index contributed by atoms with van der Waals surface area (Å²) in [7, 11) is 3.02. The summed E-state index contributed by atoms with van der Waals surface area (Å²) in [5.41, 5.74) is 1.62. The summed E-state index contributed by atoms with van der Waals surface area (Å²) in [6.45, 7) is 0.542. The number of aromatic nitrogens is 1. The maximum Gasteiger partial charge on any atom is 0.200 e. The Balaban J connectivity index is 1.88. The standard InChI is InChI=1S/C26H22FNO4/c1-31-23-14-20-22(15-24(23)32-2)28(13-12-17-6-4-3-5-7-17)16-21(26(20)30)25(29)18-8-10-19(27)11-9-18/h3-11,14-16H,12-13H2,1-2H3. The molecule has 3 aromatic carbocycles. The minimum Gasteiger partial charge on any atom is -0.493 e. The molecule has 32 heavy (non-hydrogen) atoms. The number of aryl methyl sites for hydroxylation is 2. The molecule has 0 saturated heterocycles. The number of halogens is 1. The van der Waals surface area contributed by atoms with Gasteiger partial charge in [0.05, 0.1) is 30.7 Å². The van der Waals surface area contributed by atoms with E-state index in [9.17, 15) is 14.0 Å². The summed E-state index contributed by atoms with van der Waals surface area (Å²) in [5, 5.41) is 0.351. The minimum atomic E-state index is -0.458. The third-order valence-electron chi connectivity index (χ3n) is 5.42. The Labute approximate surface area is 184 Å². The highest BCUT2D eigenvalue weighted by Crippen LogP contribution is 2.31. The van der Waals surface area contributed by atoms with Gasteiger partial charge in [-0.15, -0.1) is 0 Å². The average Bonchev–Trinajstić information content (AvgIpc) is 2.83. The maximum atomic E-state index is 13.3. The summed E-state index contributed by atoms with van der Waals surface area (Å²) in [6.07, 6.45) is 2.28. The number of benzene rings is 3. The molecular weight excluding hydrogens is 409 g/mol. The summed E-state index contributed by atoms with van der Waals surface area (Å²) < 4.78 is 26.0. The van der Waals surface area contributed by atoms with E-state index >= 15 is 0 Å². The lowest BCUT2D eigenvalue weighted by Crippen LogP contribution is -2.20. The first-order chi connectivity index (χ1) is 15.5. The van der Waals surface area contributed by atoms with E-state index in [1.807, 2.05) is 34.9 Å². The Morgan fingerprint density at radius 3 is 2.25 bits per heavy atom. The number of ketones is 1. The van der Waals surface area contributed by atoms with Gasteiger partial charge < -0.3 is 14.0 Å². The second-order valence-corrected chi connectivity index (χ2v) is 7.36. The number of ether oxygens (including phenoxy) is 2. The molecule has 0 spiro atoms. The lowest BCUT2D eigenvalue weighted by molar-refractivity contribution is 0.103. The molecule has 6 heteroatoms. The van der Waals surface area contributed by atoms with Gasteiger partial charge in [0.25, 0.3) is 0 Å². The van der Waals surface area contributed by atoms with Crippen molar-refractivity contribution in [3.05, 3.63) is 106 Å².